The normalized spacial score (nSPS) is 13.9. The lowest BCUT2D eigenvalue weighted by Gasteiger charge is -2.41. The van der Waals surface area contributed by atoms with Gasteiger partial charge >= 0.3 is 11.9 Å². The van der Waals surface area contributed by atoms with Gasteiger partial charge in [-0.05, 0) is 143 Å². The summed E-state index contributed by atoms with van der Waals surface area (Å²) in [6, 6.07) is 28.9. The summed E-state index contributed by atoms with van der Waals surface area (Å²) < 4.78 is 151. The number of halogens is 8. The zero-order valence-electron chi connectivity index (χ0n) is 70.0. The number of aromatic nitrogens is 16. The van der Waals surface area contributed by atoms with Crippen LogP contribution in [0, 0.1) is 52.5 Å². The van der Waals surface area contributed by atoms with Crippen LogP contribution in [0.15, 0.2) is 163 Å². The van der Waals surface area contributed by atoms with Crippen LogP contribution < -0.4 is 30.7 Å². The molecule has 678 valence electrons. The van der Waals surface area contributed by atoms with Crippen molar-refractivity contribution in [1.82, 2.24) is 90.5 Å². The first kappa shape index (κ1) is 90.5. The molecule has 9 heterocycles. The number of hydrogen-bond acceptors (Lipinski definition) is 21. The molecule has 0 radical (unpaired) electrons. The number of ether oxygens (including phenoxy) is 3. The molecule has 0 atom stereocenters. The maximum atomic E-state index is 14.1. The fraction of sp³-hybridized carbons (Fsp3) is 0.193. The van der Waals surface area contributed by atoms with Crippen molar-refractivity contribution in [3.05, 3.63) is 244 Å². The summed E-state index contributed by atoms with van der Waals surface area (Å²) in [6.45, 7) is 9.63. The number of fused-ring (bicyclic) bond motifs is 4. The molecule has 8 aromatic carbocycles. The monoisotopic (exact) mass is 1830 g/mol. The largest absolute Gasteiger partial charge is 0.493 e. The maximum absolute atomic E-state index is 14.1. The number of carbonyl (C=O) groups is 7. The number of esters is 1. The number of aromatic carboxylic acids is 1. The standard InChI is InChI=1S/C29H31F2N7O2.C21H17F2N5O4.C20H15F2N5O4.C18H13F2N5O3S/c1-17-5-8-19(9-6-17)37-11-13-38(14-12-37)29(40)18-7-10-22-23(15-18)34-27(33-22)26-24(16-32-36-26)35-28(39)25-20(30)3-2-4-21(25)31;1-3-32-16-8-14-13(7-10(16)21(30)31-2)25-19(26-14)18-15(9-24-28-18)27-20(29)17-11(22)5-4-6-12(17)23;1-2-31-15-7-13-12(6-9(15)20(29)30)24-18(25-13)17-14(8-23-27-17)26-19(28)16-10(21)4-3-5-11(16)22;1-29(27,28)9-5-6-12-13(7-9)23-17(22-12)16-14(8-21-25-16)24-18(26)15-10(19)3-2-4-11(15)20/h2-4,7,10,15-17,19H,5-6,8-9,11-14H2,1H3,(H,32,36)(H,33,34)(H,35,39);4-9H,3H2,1-2H3,(H,24,28)(H,25,26)(H,27,29);3-8H,2H2,1H3,(H,23,27)(H,24,25)(H,26,28)(H,29,30);2-8H,1H3,(H,21,25)(H,22,23)(H,24,26). The minimum Gasteiger partial charge on any atom is -0.493 e. The quantitative estimate of drug-likeness (QED) is 0.0235. The van der Waals surface area contributed by atoms with Gasteiger partial charge in [-0.1, -0.05) is 31.2 Å². The topological polar surface area (TPSA) is 486 Å². The molecule has 2 aliphatic rings. The molecule has 0 bridgehead atoms. The number of nitrogens with one attached hydrogen (secondary N) is 12. The number of imidazole rings is 4. The average molecular weight is 1830 g/mol. The first-order valence-electron chi connectivity index (χ1n) is 40.5. The SMILES string of the molecule is CC1CCC(N2CCN(C(=O)c3ccc4nc(-c5[nH]ncc5NC(=O)c5c(F)cccc5F)[nH]c4c3)CC2)CC1.CCOc1cc2nc(-c3[nH]ncc3NC(=O)c3c(F)cccc3F)[nH]c2cc1C(=O)O.CCOc1cc2nc(-c3[nH]ncc3NC(=O)c3c(F)cccc3F)[nH]c2cc1C(=O)OC.CS(=O)(=O)c1ccc2nc(-c3[nH]ncc3NC(=O)c3c(F)cccc3F)[nH]c2c1. The molecule has 132 heavy (non-hydrogen) atoms. The highest BCUT2D eigenvalue weighted by molar-refractivity contribution is 7.90. The van der Waals surface area contributed by atoms with E-state index in [0.717, 1.165) is 92.0 Å². The average Bonchev–Trinajstić information content (AvgIpc) is 1.64. The lowest BCUT2D eigenvalue weighted by molar-refractivity contribution is 0.0501. The molecule has 35 nitrogen and oxygen atoms in total. The molecule has 5 amide bonds. The van der Waals surface area contributed by atoms with Gasteiger partial charge in [-0.2, -0.15) is 20.4 Å². The van der Waals surface area contributed by atoms with Gasteiger partial charge in [-0.15, -0.1) is 0 Å². The molecular weight excluding hydrogens is 1760 g/mol. The molecule has 44 heteroatoms. The van der Waals surface area contributed by atoms with E-state index >= 15 is 0 Å². The van der Waals surface area contributed by atoms with E-state index < -0.39 is 114 Å². The number of carboxylic acids is 1. The smallest absolute Gasteiger partial charge is 0.341 e. The van der Waals surface area contributed by atoms with Gasteiger partial charge < -0.3 is 65.4 Å². The summed E-state index contributed by atoms with van der Waals surface area (Å²) in [4.78, 5) is 121. The van der Waals surface area contributed by atoms with Gasteiger partial charge in [0.25, 0.3) is 29.5 Å². The van der Waals surface area contributed by atoms with E-state index in [4.69, 9.17) is 14.2 Å². The number of sulfone groups is 1. The third-order valence-corrected chi connectivity index (χ3v) is 22.5. The summed E-state index contributed by atoms with van der Waals surface area (Å²) in [5, 5.41) is 45.4. The molecule has 2 fully saturated rings. The Bertz CT molecular complexity index is 7170. The maximum Gasteiger partial charge on any atom is 0.341 e. The number of carbonyl (C=O) groups excluding carboxylic acids is 6. The minimum atomic E-state index is -3.40. The van der Waals surface area contributed by atoms with Crippen molar-refractivity contribution in [2.45, 2.75) is 57.4 Å². The Morgan fingerprint density at radius 1 is 0.439 bits per heavy atom. The molecule has 0 unspecified atom stereocenters. The Kier molecular flexibility index (Phi) is 26.6. The Hall–Kier alpha value is -16.3. The van der Waals surface area contributed by atoms with E-state index in [9.17, 15) is 82.2 Å². The van der Waals surface area contributed by atoms with Gasteiger partial charge in [-0.25, -0.2) is 73.1 Å². The third kappa shape index (κ3) is 19.6. The molecule has 1 saturated heterocycles. The van der Waals surface area contributed by atoms with Crippen LogP contribution in [0.1, 0.15) is 119 Å². The number of nitrogens with zero attached hydrogens (tertiary/aromatic N) is 10. The van der Waals surface area contributed by atoms with E-state index in [1.165, 1.54) is 100 Å². The van der Waals surface area contributed by atoms with Gasteiger partial charge in [0, 0.05) is 56.2 Å². The van der Waals surface area contributed by atoms with Gasteiger partial charge in [-0.3, -0.25) is 49.3 Å². The fourth-order valence-corrected chi connectivity index (χ4v) is 15.5. The van der Waals surface area contributed by atoms with Crippen molar-refractivity contribution in [3.8, 4) is 57.6 Å². The van der Waals surface area contributed by atoms with Crippen LogP contribution >= 0.6 is 0 Å². The van der Waals surface area contributed by atoms with E-state index in [0.29, 0.717) is 92.7 Å². The Balaban J connectivity index is 0.000000136. The van der Waals surface area contributed by atoms with Crippen LogP contribution in [0.25, 0.3) is 90.2 Å². The minimum absolute atomic E-state index is 0.0172. The Morgan fingerprint density at radius 2 is 0.773 bits per heavy atom. The highest BCUT2D eigenvalue weighted by Crippen LogP contribution is 2.37. The highest BCUT2D eigenvalue weighted by atomic mass is 32.2. The summed E-state index contributed by atoms with van der Waals surface area (Å²) in [6.07, 6.45) is 11.3. The van der Waals surface area contributed by atoms with Gasteiger partial charge in [0.2, 0.25) is 0 Å². The molecular formula is C88H76F8N22O13S. The number of H-pyrrole nitrogens is 8. The van der Waals surface area contributed by atoms with Gasteiger partial charge in [0.05, 0.1) is 117 Å². The predicted molar refractivity (Wildman–Crippen MR) is 465 cm³/mol. The summed E-state index contributed by atoms with van der Waals surface area (Å²) >= 11 is 0. The number of methoxy groups -OCH3 is 1. The van der Waals surface area contributed by atoms with Crippen molar-refractivity contribution in [2.24, 2.45) is 5.92 Å². The van der Waals surface area contributed by atoms with E-state index in [1.807, 2.05) is 4.90 Å². The number of amides is 5. The van der Waals surface area contributed by atoms with Crippen LogP contribution in [0.4, 0.5) is 57.9 Å². The van der Waals surface area contributed by atoms with Crippen LogP contribution in [0.3, 0.4) is 0 Å². The fourth-order valence-electron chi connectivity index (χ4n) is 14.8. The van der Waals surface area contributed by atoms with Crippen molar-refractivity contribution in [2.75, 3.05) is 74.0 Å². The molecule has 8 aromatic heterocycles. The molecule has 13 N–H and O–H groups in total. The molecule has 1 aliphatic carbocycles. The number of anilines is 4. The zero-order valence-corrected chi connectivity index (χ0v) is 70.8. The van der Waals surface area contributed by atoms with Crippen LogP contribution in [0.2, 0.25) is 0 Å². The first-order chi connectivity index (χ1) is 63.4. The Morgan fingerprint density at radius 3 is 1.12 bits per heavy atom. The van der Waals surface area contributed by atoms with Crippen LogP contribution in [0.5, 0.6) is 11.5 Å². The van der Waals surface area contributed by atoms with E-state index in [2.05, 4.69) is 114 Å². The first-order valence-corrected chi connectivity index (χ1v) is 42.4. The number of rotatable bonds is 21. The zero-order chi connectivity index (χ0) is 93.5. The molecule has 16 aromatic rings. The lowest BCUT2D eigenvalue weighted by atomic mass is 9.86. The molecule has 0 spiro atoms. The summed E-state index contributed by atoms with van der Waals surface area (Å²) in [7, 11) is -2.14. The second-order valence-electron chi connectivity index (χ2n) is 30.0. The van der Waals surface area contributed by atoms with Gasteiger partial charge in [0.15, 0.2) is 33.1 Å². The third-order valence-electron chi connectivity index (χ3n) is 21.4. The second kappa shape index (κ2) is 38.7. The number of piperazine rings is 1. The highest BCUT2D eigenvalue weighted by Gasteiger charge is 2.32. The number of hydrogen-bond donors (Lipinski definition) is 13. The molecule has 18 rings (SSSR count). The van der Waals surface area contributed by atoms with Crippen molar-refractivity contribution < 1.29 is 96.4 Å². The predicted octanol–water partition coefficient (Wildman–Crippen LogP) is 15.0. The summed E-state index contributed by atoms with van der Waals surface area (Å²) in [5.74, 6) is -11.2. The van der Waals surface area contributed by atoms with Crippen molar-refractivity contribution in [3.63, 3.8) is 0 Å². The van der Waals surface area contributed by atoms with Crippen LogP contribution in [-0.4, -0.2) is 204 Å². The second-order valence-corrected chi connectivity index (χ2v) is 32.0. The van der Waals surface area contributed by atoms with E-state index in [-0.39, 0.29) is 91.6 Å². The van der Waals surface area contributed by atoms with Crippen molar-refractivity contribution in [1.29, 1.82) is 0 Å². The number of benzene rings is 8. The molecule has 1 saturated carbocycles. The van der Waals surface area contributed by atoms with Crippen molar-refractivity contribution >= 4 is 118 Å². The molecule has 1 aliphatic heterocycles. The van der Waals surface area contributed by atoms with Gasteiger partial charge in [0.1, 0.15) is 114 Å². The lowest BCUT2D eigenvalue weighted by Crippen LogP contribution is -2.52. The Labute approximate surface area is 740 Å². The van der Waals surface area contributed by atoms with E-state index in [1.54, 1.807) is 38.1 Å². The summed E-state index contributed by atoms with van der Waals surface area (Å²) in [5.41, 5.74) is 3.58. The number of carboxylic acid groups (broad SMARTS) is 1. The van der Waals surface area contributed by atoms with Crippen LogP contribution in [-0.2, 0) is 14.6 Å². The number of aromatic amines is 8.